The number of nitrogens with one attached hydrogen (secondary N) is 1. The molecule has 1 saturated carbocycles. The Morgan fingerprint density at radius 1 is 1.16 bits per heavy atom. The molecule has 1 aliphatic heterocycles. The van der Waals surface area contributed by atoms with Gasteiger partial charge in [-0.05, 0) is 44.4 Å². The first-order valence-corrected chi connectivity index (χ1v) is 7.89. The van der Waals surface area contributed by atoms with E-state index < -0.39 is 0 Å². The fraction of sp³-hybridized carbons (Fsp3) is 0.933. The van der Waals surface area contributed by atoms with Crippen LogP contribution in [0.3, 0.4) is 0 Å². The zero-order chi connectivity index (χ0) is 13.5. The maximum atomic E-state index is 11.8. The number of carbonyl (C=O) groups is 1. The van der Waals surface area contributed by atoms with Crippen molar-refractivity contribution in [2.24, 2.45) is 11.7 Å². The van der Waals surface area contributed by atoms with Gasteiger partial charge in [0, 0.05) is 25.6 Å². The van der Waals surface area contributed by atoms with Gasteiger partial charge in [-0.3, -0.25) is 4.79 Å². The smallest absolute Gasteiger partial charge is 0.220 e. The van der Waals surface area contributed by atoms with E-state index in [0.717, 1.165) is 38.8 Å². The summed E-state index contributed by atoms with van der Waals surface area (Å²) in [4.78, 5) is 11.8. The number of rotatable bonds is 5. The van der Waals surface area contributed by atoms with E-state index in [-0.39, 0.29) is 11.9 Å². The summed E-state index contributed by atoms with van der Waals surface area (Å²) in [5.74, 6) is 0.635. The van der Waals surface area contributed by atoms with E-state index in [0.29, 0.717) is 18.4 Å². The highest BCUT2D eigenvalue weighted by Gasteiger charge is 2.22. The Hall–Kier alpha value is -0.610. The molecule has 0 aromatic carbocycles. The molecular weight excluding hydrogens is 240 g/mol. The predicted octanol–water partition coefficient (Wildman–Crippen LogP) is 1.97. The lowest BCUT2D eigenvalue weighted by Crippen LogP contribution is -2.41. The van der Waals surface area contributed by atoms with E-state index in [2.05, 4.69) is 5.32 Å². The zero-order valence-electron chi connectivity index (χ0n) is 11.9. The molecule has 0 spiro atoms. The first-order chi connectivity index (χ1) is 9.25. The lowest BCUT2D eigenvalue weighted by Gasteiger charge is -2.28. The second kappa shape index (κ2) is 7.85. The molecule has 1 amide bonds. The molecule has 2 fully saturated rings. The summed E-state index contributed by atoms with van der Waals surface area (Å²) >= 11 is 0. The third-order valence-corrected chi connectivity index (χ3v) is 4.50. The van der Waals surface area contributed by atoms with E-state index in [4.69, 9.17) is 10.5 Å². The van der Waals surface area contributed by atoms with Crippen molar-refractivity contribution in [3.05, 3.63) is 0 Å². The fourth-order valence-corrected chi connectivity index (χ4v) is 3.15. The maximum Gasteiger partial charge on any atom is 0.220 e. The number of hydrogen-bond acceptors (Lipinski definition) is 3. The molecule has 1 saturated heterocycles. The van der Waals surface area contributed by atoms with Gasteiger partial charge in [-0.15, -0.1) is 0 Å². The Bertz CT molecular complexity index is 277. The van der Waals surface area contributed by atoms with Gasteiger partial charge in [0.1, 0.15) is 0 Å². The number of amides is 1. The lowest BCUT2D eigenvalue weighted by molar-refractivity contribution is -0.122. The van der Waals surface area contributed by atoms with Crippen LogP contribution in [0.2, 0.25) is 0 Å². The van der Waals surface area contributed by atoms with Crippen molar-refractivity contribution in [3.8, 4) is 0 Å². The van der Waals surface area contributed by atoms with Gasteiger partial charge in [0.25, 0.3) is 0 Å². The molecule has 0 aromatic rings. The number of carbonyl (C=O) groups excluding carboxylic acids is 1. The van der Waals surface area contributed by atoms with Crippen molar-refractivity contribution in [1.29, 1.82) is 0 Å². The van der Waals surface area contributed by atoms with Crippen LogP contribution in [0.25, 0.3) is 0 Å². The van der Waals surface area contributed by atoms with Crippen LogP contribution >= 0.6 is 0 Å². The first kappa shape index (κ1) is 14.8. The van der Waals surface area contributed by atoms with Crippen molar-refractivity contribution in [2.75, 3.05) is 13.2 Å². The van der Waals surface area contributed by atoms with Crippen LogP contribution < -0.4 is 11.1 Å². The van der Waals surface area contributed by atoms with Gasteiger partial charge in [0.2, 0.25) is 5.91 Å². The zero-order valence-corrected chi connectivity index (χ0v) is 11.9. The summed E-state index contributed by atoms with van der Waals surface area (Å²) in [5.41, 5.74) is 6.08. The van der Waals surface area contributed by atoms with Crippen molar-refractivity contribution in [2.45, 2.75) is 69.9 Å². The third kappa shape index (κ3) is 5.11. The predicted molar refractivity (Wildman–Crippen MR) is 75.8 cm³/mol. The maximum absolute atomic E-state index is 11.8. The first-order valence-electron chi connectivity index (χ1n) is 7.89. The van der Waals surface area contributed by atoms with E-state index in [9.17, 15) is 4.79 Å². The van der Waals surface area contributed by atoms with E-state index >= 15 is 0 Å². The monoisotopic (exact) mass is 268 g/mol. The number of nitrogens with two attached hydrogens (primary N) is 1. The minimum Gasteiger partial charge on any atom is -0.378 e. The van der Waals surface area contributed by atoms with E-state index in [1.807, 2.05) is 0 Å². The van der Waals surface area contributed by atoms with Crippen LogP contribution in [0.5, 0.6) is 0 Å². The van der Waals surface area contributed by atoms with Crippen LogP contribution in [0, 0.1) is 5.92 Å². The van der Waals surface area contributed by atoms with Gasteiger partial charge < -0.3 is 15.8 Å². The Labute approximate surface area is 116 Å². The van der Waals surface area contributed by atoms with Crippen molar-refractivity contribution in [1.82, 2.24) is 5.32 Å². The molecule has 4 heteroatoms. The topological polar surface area (TPSA) is 64.3 Å². The molecule has 110 valence electrons. The molecular formula is C15H28N2O2. The van der Waals surface area contributed by atoms with Crippen molar-refractivity contribution >= 4 is 5.91 Å². The minimum absolute atomic E-state index is 0.159. The average molecular weight is 268 g/mol. The lowest BCUT2D eigenvalue weighted by atomic mass is 9.85. The molecule has 2 rings (SSSR count). The standard InChI is InChI=1S/C15H28N2O2/c16-14-7-2-1-5-12(14)11-17-15(18)9-8-13-6-3-4-10-19-13/h12-14H,1-11,16H2,(H,17,18). The third-order valence-electron chi connectivity index (χ3n) is 4.50. The summed E-state index contributed by atoms with van der Waals surface area (Å²) < 4.78 is 5.64. The molecule has 3 N–H and O–H groups in total. The van der Waals surface area contributed by atoms with Crippen LogP contribution in [-0.4, -0.2) is 31.2 Å². The Balaban J connectivity index is 1.58. The molecule has 1 heterocycles. The summed E-state index contributed by atoms with van der Waals surface area (Å²) in [6.07, 6.45) is 10.0. The molecule has 4 nitrogen and oxygen atoms in total. The van der Waals surface area contributed by atoms with Gasteiger partial charge in [0.15, 0.2) is 0 Å². The average Bonchev–Trinajstić information content (AvgIpc) is 2.45. The van der Waals surface area contributed by atoms with Gasteiger partial charge in [-0.25, -0.2) is 0 Å². The SMILES string of the molecule is NC1CCCCC1CNC(=O)CCC1CCCCO1. The number of hydrogen-bond donors (Lipinski definition) is 2. The van der Waals surface area contributed by atoms with Gasteiger partial charge in [-0.2, -0.15) is 0 Å². The van der Waals surface area contributed by atoms with Gasteiger partial charge in [0.05, 0.1) is 6.10 Å². The summed E-state index contributed by atoms with van der Waals surface area (Å²) in [7, 11) is 0. The molecule has 1 aliphatic carbocycles. The van der Waals surface area contributed by atoms with Crippen LogP contribution in [0.4, 0.5) is 0 Å². The van der Waals surface area contributed by atoms with E-state index in [1.165, 1.54) is 25.7 Å². The van der Waals surface area contributed by atoms with Crippen LogP contribution in [0.1, 0.15) is 57.8 Å². The second-order valence-corrected chi connectivity index (χ2v) is 6.04. The molecule has 3 unspecified atom stereocenters. The molecule has 3 atom stereocenters. The molecule has 0 bridgehead atoms. The molecule has 0 aromatic heterocycles. The highest BCUT2D eigenvalue weighted by molar-refractivity contribution is 5.75. The largest absolute Gasteiger partial charge is 0.378 e. The molecule has 19 heavy (non-hydrogen) atoms. The summed E-state index contributed by atoms with van der Waals surface area (Å²) in [6, 6.07) is 0.274. The highest BCUT2D eigenvalue weighted by atomic mass is 16.5. The van der Waals surface area contributed by atoms with E-state index in [1.54, 1.807) is 0 Å². The van der Waals surface area contributed by atoms with Gasteiger partial charge in [-0.1, -0.05) is 12.8 Å². The van der Waals surface area contributed by atoms with Crippen LogP contribution in [0.15, 0.2) is 0 Å². The van der Waals surface area contributed by atoms with Crippen LogP contribution in [-0.2, 0) is 9.53 Å². The quantitative estimate of drug-likeness (QED) is 0.801. The van der Waals surface area contributed by atoms with Gasteiger partial charge >= 0.3 is 0 Å². The highest BCUT2D eigenvalue weighted by Crippen LogP contribution is 2.22. The Kier molecular flexibility index (Phi) is 6.11. The Morgan fingerprint density at radius 3 is 2.68 bits per heavy atom. The Morgan fingerprint density at radius 2 is 1.95 bits per heavy atom. The normalized spacial score (nSPS) is 31.9. The second-order valence-electron chi connectivity index (χ2n) is 6.04. The minimum atomic E-state index is 0.159. The van der Waals surface area contributed by atoms with Crippen molar-refractivity contribution in [3.63, 3.8) is 0 Å². The molecule has 0 radical (unpaired) electrons. The fourth-order valence-electron chi connectivity index (χ4n) is 3.15. The summed E-state index contributed by atoms with van der Waals surface area (Å²) in [6.45, 7) is 1.62. The number of ether oxygens (including phenoxy) is 1. The van der Waals surface area contributed by atoms with Crippen molar-refractivity contribution < 1.29 is 9.53 Å². The molecule has 2 aliphatic rings. The summed E-state index contributed by atoms with van der Waals surface area (Å²) in [5, 5.41) is 3.05.